The molecule has 1 aromatic carbocycles. The number of amides is 1. The second-order valence-electron chi connectivity index (χ2n) is 3.80. The molecule has 0 atom stereocenters. The monoisotopic (exact) mass is 293 g/mol. The Bertz CT molecular complexity index is 572. The molecule has 1 aromatic heterocycles. The lowest BCUT2D eigenvalue weighted by Gasteiger charge is -2.11. The number of thioether (sulfide) groups is 1. The van der Waals surface area contributed by atoms with Gasteiger partial charge in [-0.05, 0) is 12.1 Å². The number of imidazole rings is 1. The Labute approximate surface area is 120 Å². The average molecular weight is 293 g/mol. The Morgan fingerprint density at radius 3 is 2.90 bits per heavy atom. The minimum Gasteiger partial charge on any atom is -0.497 e. The number of methoxy groups -OCH3 is 2. The molecule has 6 nitrogen and oxygen atoms in total. The Morgan fingerprint density at radius 1 is 1.40 bits per heavy atom. The summed E-state index contributed by atoms with van der Waals surface area (Å²) in [5, 5.41) is 3.50. The zero-order chi connectivity index (χ0) is 14.4. The molecule has 0 bridgehead atoms. The van der Waals surface area contributed by atoms with Crippen molar-refractivity contribution in [1.29, 1.82) is 0 Å². The molecule has 0 saturated heterocycles. The van der Waals surface area contributed by atoms with Crippen LogP contribution in [-0.2, 0) is 4.79 Å². The number of carbonyl (C=O) groups excluding carboxylic acids is 1. The maximum atomic E-state index is 11.9. The number of hydrogen-bond donors (Lipinski definition) is 2. The van der Waals surface area contributed by atoms with Crippen LogP contribution in [0, 0.1) is 0 Å². The second-order valence-corrected chi connectivity index (χ2v) is 4.76. The van der Waals surface area contributed by atoms with Crippen LogP contribution in [0.5, 0.6) is 11.5 Å². The van der Waals surface area contributed by atoms with Gasteiger partial charge in [0.15, 0.2) is 5.16 Å². The van der Waals surface area contributed by atoms with E-state index in [2.05, 4.69) is 15.3 Å². The van der Waals surface area contributed by atoms with E-state index >= 15 is 0 Å². The summed E-state index contributed by atoms with van der Waals surface area (Å²) in [5.74, 6) is 1.36. The molecule has 0 fully saturated rings. The fourth-order valence-corrected chi connectivity index (χ4v) is 2.18. The van der Waals surface area contributed by atoms with Gasteiger partial charge >= 0.3 is 0 Å². The summed E-state index contributed by atoms with van der Waals surface area (Å²) in [5.41, 5.74) is 0.610. The molecule has 0 aliphatic carbocycles. The fourth-order valence-electron chi connectivity index (χ4n) is 1.55. The van der Waals surface area contributed by atoms with Gasteiger partial charge in [-0.15, -0.1) is 0 Å². The molecular formula is C13H15N3O3S. The topological polar surface area (TPSA) is 76.2 Å². The van der Waals surface area contributed by atoms with Crippen LogP contribution in [0.4, 0.5) is 5.69 Å². The third-order valence-electron chi connectivity index (χ3n) is 2.50. The molecule has 7 heteroatoms. The molecule has 2 rings (SSSR count). The Hall–Kier alpha value is -2.15. The van der Waals surface area contributed by atoms with E-state index in [1.807, 2.05) is 0 Å². The first-order chi connectivity index (χ1) is 9.72. The number of nitrogens with one attached hydrogen (secondary N) is 2. The molecule has 0 saturated carbocycles. The smallest absolute Gasteiger partial charge is 0.234 e. The highest BCUT2D eigenvalue weighted by Crippen LogP contribution is 2.29. The van der Waals surface area contributed by atoms with Gasteiger partial charge in [-0.25, -0.2) is 4.98 Å². The maximum Gasteiger partial charge on any atom is 0.234 e. The van der Waals surface area contributed by atoms with E-state index in [9.17, 15) is 4.79 Å². The first-order valence-corrected chi connectivity index (χ1v) is 6.85. The summed E-state index contributed by atoms with van der Waals surface area (Å²) in [4.78, 5) is 18.8. The normalized spacial score (nSPS) is 10.1. The zero-order valence-electron chi connectivity index (χ0n) is 11.2. The lowest BCUT2D eigenvalue weighted by Crippen LogP contribution is -2.14. The van der Waals surface area contributed by atoms with E-state index in [4.69, 9.17) is 9.47 Å². The number of benzene rings is 1. The van der Waals surface area contributed by atoms with E-state index in [1.54, 1.807) is 44.8 Å². The highest BCUT2D eigenvalue weighted by atomic mass is 32.2. The van der Waals surface area contributed by atoms with Crippen molar-refractivity contribution in [1.82, 2.24) is 9.97 Å². The quantitative estimate of drug-likeness (QED) is 0.798. The predicted octanol–water partition coefficient (Wildman–Crippen LogP) is 2.16. The molecule has 1 heterocycles. The van der Waals surface area contributed by atoms with Crippen molar-refractivity contribution in [3.63, 3.8) is 0 Å². The summed E-state index contributed by atoms with van der Waals surface area (Å²) in [6, 6.07) is 5.22. The zero-order valence-corrected chi connectivity index (χ0v) is 12.0. The first-order valence-electron chi connectivity index (χ1n) is 5.87. The lowest BCUT2D eigenvalue weighted by molar-refractivity contribution is -0.113. The van der Waals surface area contributed by atoms with Crippen molar-refractivity contribution in [2.45, 2.75) is 5.16 Å². The van der Waals surface area contributed by atoms with Crippen LogP contribution in [0.1, 0.15) is 0 Å². The number of nitrogens with zero attached hydrogens (tertiary/aromatic N) is 1. The van der Waals surface area contributed by atoms with E-state index in [0.29, 0.717) is 22.3 Å². The first kappa shape index (κ1) is 14.3. The molecule has 20 heavy (non-hydrogen) atoms. The summed E-state index contributed by atoms with van der Waals surface area (Å²) in [7, 11) is 3.12. The van der Waals surface area contributed by atoms with Gasteiger partial charge in [0, 0.05) is 18.5 Å². The van der Waals surface area contributed by atoms with Crippen LogP contribution < -0.4 is 14.8 Å². The summed E-state index contributed by atoms with van der Waals surface area (Å²) < 4.78 is 10.3. The Balaban J connectivity index is 1.96. The van der Waals surface area contributed by atoms with E-state index in [-0.39, 0.29) is 11.7 Å². The standard InChI is InChI=1S/C13H15N3O3S/c1-18-9-3-4-10(11(7-9)19-2)16-12(17)8-20-13-14-5-6-15-13/h3-7H,8H2,1-2H3,(H,14,15)(H,16,17). The molecule has 0 aliphatic rings. The van der Waals surface area contributed by atoms with Crippen LogP contribution >= 0.6 is 11.8 Å². The third kappa shape index (κ3) is 3.67. The highest BCUT2D eigenvalue weighted by Gasteiger charge is 2.09. The largest absolute Gasteiger partial charge is 0.497 e. The number of anilines is 1. The van der Waals surface area contributed by atoms with Gasteiger partial charge in [-0.1, -0.05) is 11.8 Å². The Morgan fingerprint density at radius 2 is 2.25 bits per heavy atom. The highest BCUT2D eigenvalue weighted by molar-refractivity contribution is 7.99. The summed E-state index contributed by atoms with van der Waals surface area (Å²) >= 11 is 1.33. The number of rotatable bonds is 6. The predicted molar refractivity (Wildman–Crippen MR) is 77.5 cm³/mol. The van der Waals surface area contributed by atoms with Gasteiger partial charge in [-0.2, -0.15) is 0 Å². The molecular weight excluding hydrogens is 278 g/mol. The number of aromatic amines is 1. The van der Waals surface area contributed by atoms with Gasteiger partial charge in [0.05, 0.1) is 25.7 Å². The van der Waals surface area contributed by atoms with Crippen LogP contribution in [0.3, 0.4) is 0 Å². The molecule has 106 valence electrons. The number of hydrogen-bond acceptors (Lipinski definition) is 5. The van der Waals surface area contributed by atoms with E-state index in [1.165, 1.54) is 11.8 Å². The molecule has 0 radical (unpaired) electrons. The molecule has 1 amide bonds. The summed E-state index contributed by atoms with van der Waals surface area (Å²) in [6.07, 6.45) is 3.36. The molecule has 0 spiro atoms. The van der Waals surface area contributed by atoms with Gasteiger partial charge in [0.2, 0.25) is 5.91 Å². The van der Waals surface area contributed by atoms with Gasteiger partial charge in [-0.3, -0.25) is 4.79 Å². The van der Waals surface area contributed by atoms with Crippen molar-refractivity contribution in [3.05, 3.63) is 30.6 Å². The van der Waals surface area contributed by atoms with Crippen molar-refractivity contribution >= 4 is 23.4 Å². The van der Waals surface area contributed by atoms with E-state index < -0.39 is 0 Å². The van der Waals surface area contributed by atoms with Crippen molar-refractivity contribution < 1.29 is 14.3 Å². The summed E-state index contributed by atoms with van der Waals surface area (Å²) in [6.45, 7) is 0. The Kier molecular flexibility index (Phi) is 4.89. The van der Waals surface area contributed by atoms with Crippen LogP contribution in [0.25, 0.3) is 0 Å². The number of aromatic nitrogens is 2. The van der Waals surface area contributed by atoms with E-state index in [0.717, 1.165) is 0 Å². The van der Waals surface area contributed by atoms with Crippen LogP contribution in [0.15, 0.2) is 35.7 Å². The number of carbonyl (C=O) groups is 1. The molecule has 0 unspecified atom stereocenters. The van der Waals surface area contributed by atoms with Gasteiger partial charge < -0.3 is 19.8 Å². The van der Waals surface area contributed by atoms with Crippen LogP contribution in [0.2, 0.25) is 0 Å². The SMILES string of the molecule is COc1ccc(NC(=O)CSc2ncc[nH]2)c(OC)c1. The maximum absolute atomic E-state index is 11.9. The number of H-pyrrole nitrogens is 1. The molecule has 2 N–H and O–H groups in total. The average Bonchev–Trinajstić information content (AvgIpc) is 2.99. The molecule has 2 aromatic rings. The second kappa shape index (κ2) is 6.85. The lowest BCUT2D eigenvalue weighted by atomic mass is 10.2. The van der Waals surface area contributed by atoms with Crippen LogP contribution in [-0.4, -0.2) is 35.8 Å². The van der Waals surface area contributed by atoms with Gasteiger partial charge in [0.25, 0.3) is 0 Å². The third-order valence-corrected chi connectivity index (χ3v) is 3.40. The number of ether oxygens (including phenoxy) is 2. The van der Waals surface area contributed by atoms with Crippen molar-refractivity contribution in [2.75, 3.05) is 25.3 Å². The molecule has 0 aliphatic heterocycles. The minimum atomic E-state index is -0.130. The minimum absolute atomic E-state index is 0.130. The van der Waals surface area contributed by atoms with Crippen molar-refractivity contribution in [2.24, 2.45) is 0 Å². The fraction of sp³-hybridized carbons (Fsp3) is 0.231. The van der Waals surface area contributed by atoms with Crippen molar-refractivity contribution in [3.8, 4) is 11.5 Å². The van der Waals surface area contributed by atoms with Gasteiger partial charge in [0.1, 0.15) is 11.5 Å².